The normalized spacial score (nSPS) is 10.7. The lowest BCUT2D eigenvalue weighted by Crippen LogP contribution is -2.42. The fourth-order valence-corrected chi connectivity index (χ4v) is 2.90. The number of ether oxygens (including phenoxy) is 3. The molecule has 0 saturated carbocycles. The van der Waals surface area contributed by atoms with Crippen LogP contribution in [0.25, 0.3) is 0 Å². The van der Waals surface area contributed by atoms with Crippen LogP contribution in [0.3, 0.4) is 0 Å². The highest BCUT2D eigenvalue weighted by atomic mass is 127. The van der Waals surface area contributed by atoms with E-state index in [-0.39, 0.29) is 36.4 Å². The van der Waals surface area contributed by atoms with Gasteiger partial charge in [-0.25, -0.2) is 0 Å². The zero-order valence-electron chi connectivity index (χ0n) is 19.8. The van der Waals surface area contributed by atoms with Gasteiger partial charge in [0.05, 0.1) is 20.3 Å². The molecule has 0 aromatic heterocycles. The first-order valence-corrected chi connectivity index (χ1v) is 10.6. The van der Waals surface area contributed by atoms with Gasteiger partial charge in [0.25, 0.3) is 0 Å². The smallest absolute Gasteiger partial charge is 0.239 e. The third-order valence-electron chi connectivity index (χ3n) is 4.71. The van der Waals surface area contributed by atoms with Crippen LogP contribution in [-0.2, 0) is 22.6 Å². The van der Waals surface area contributed by atoms with Gasteiger partial charge in [-0.2, -0.15) is 0 Å². The average molecular weight is 570 g/mol. The highest BCUT2D eigenvalue weighted by Crippen LogP contribution is 2.20. The van der Waals surface area contributed by atoms with Gasteiger partial charge in [0.15, 0.2) is 5.96 Å². The van der Waals surface area contributed by atoms with E-state index in [4.69, 9.17) is 14.2 Å². The number of benzene rings is 2. The summed E-state index contributed by atoms with van der Waals surface area (Å²) in [4.78, 5) is 16.4. The Balaban J connectivity index is 0.00000544. The molecule has 2 rings (SSSR count). The minimum atomic E-state index is -0.124. The molecule has 9 heteroatoms. The third kappa shape index (κ3) is 10.8. The van der Waals surface area contributed by atoms with Gasteiger partial charge in [0, 0.05) is 45.8 Å². The summed E-state index contributed by atoms with van der Waals surface area (Å²) in [6.07, 6.45) is 0.826. The maximum Gasteiger partial charge on any atom is 0.239 e. The van der Waals surface area contributed by atoms with Crippen LogP contribution in [-0.4, -0.2) is 52.9 Å². The minimum absolute atomic E-state index is 0. The molecule has 0 aliphatic rings. The van der Waals surface area contributed by atoms with Gasteiger partial charge in [-0.1, -0.05) is 24.3 Å². The first-order chi connectivity index (χ1) is 15.5. The Morgan fingerprint density at radius 1 is 0.970 bits per heavy atom. The summed E-state index contributed by atoms with van der Waals surface area (Å²) in [6.45, 7) is 4.37. The first-order valence-electron chi connectivity index (χ1n) is 10.6. The number of nitrogens with one attached hydrogen (secondary N) is 3. The molecule has 8 nitrogen and oxygen atoms in total. The van der Waals surface area contributed by atoms with Crippen LogP contribution >= 0.6 is 24.0 Å². The van der Waals surface area contributed by atoms with E-state index in [1.54, 1.807) is 21.3 Å². The lowest BCUT2D eigenvalue weighted by atomic mass is 10.1. The van der Waals surface area contributed by atoms with E-state index in [1.165, 1.54) is 0 Å². The summed E-state index contributed by atoms with van der Waals surface area (Å²) < 4.78 is 16.1. The topological polar surface area (TPSA) is 93.2 Å². The van der Waals surface area contributed by atoms with E-state index >= 15 is 0 Å². The molecule has 3 N–H and O–H groups in total. The maximum absolute atomic E-state index is 12.2. The minimum Gasteiger partial charge on any atom is -0.497 e. The second-order valence-electron chi connectivity index (χ2n) is 7.21. The fraction of sp³-hybridized carbons (Fsp3) is 0.417. The van der Waals surface area contributed by atoms with Crippen LogP contribution in [0, 0.1) is 6.92 Å². The van der Waals surface area contributed by atoms with Crippen LogP contribution < -0.4 is 25.4 Å². The van der Waals surface area contributed by atoms with Crippen molar-refractivity contribution in [1.82, 2.24) is 16.0 Å². The number of hydrogen-bond acceptors (Lipinski definition) is 5. The Bertz CT molecular complexity index is 875. The molecule has 2 aromatic carbocycles. The highest BCUT2D eigenvalue weighted by molar-refractivity contribution is 14.0. The Labute approximate surface area is 213 Å². The van der Waals surface area contributed by atoms with Gasteiger partial charge < -0.3 is 30.2 Å². The Morgan fingerprint density at radius 3 is 2.39 bits per heavy atom. The summed E-state index contributed by atoms with van der Waals surface area (Å²) in [5.74, 6) is 2.03. The molecule has 182 valence electrons. The summed E-state index contributed by atoms with van der Waals surface area (Å²) >= 11 is 0. The fourth-order valence-electron chi connectivity index (χ4n) is 2.90. The van der Waals surface area contributed by atoms with Gasteiger partial charge in [0.1, 0.15) is 11.5 Å². The summed E-state index contributed by atoms with van der Waals surface area (Å²) in [5.41, 5.74) is 3.14. The second kappa shape index (κ2) is 16.1. The quantitative estimate of drug-likeness (QED) is 0.157. The molecule has 2 aromatic rings. The molecule has 0 heterocycles. The van der Waals surface area contributed by atoms with E-state index < -0.39 is 0 Å². The Hall–Kier alpha value is -2.53. The molecule has 33 heavy (non-hydrogen) atoms. The van der Waals surface area contributed by atoms with E-state index in [1.807, 2.05) is 49.4 Å². The molecule has 0 aliphatic heterocycles. The number of amides is 1. The van der Waals surface area contributed by atoms with Crippen molar-refractivity contribution in [2.75, 3.05) is 41.0 Å². The number of carbonyl (C=O) groups excluding carboxylic acids is 1. The molecule has 1 amide bonds. The predicted molar refractivity (Wildman–Crippen MR) is 142 cm³/mol. The molecule has 0 atom stereocenters. The Morgan fingerprint density at radius 2 is 1.73 bits per heavy atom. The monoisotopic (exact) mass is 570 g/mol. The van der Waals surface area contributed by atoms with Crippen LogP contribution in [0.2, 0.25) is 0 Å². The molecular formula is C24H35IN4O4. The standard InChI is InChI=1S/C24H34N4O4.HI/c1-18-6-9-20(22(14-18)32-13-5-12-30-3)16-27-24(25-2)28-17-23(29)26-15-19-7-10-21(31-4)11-8-19;/h6-11,14H,5,12-13,15-17H2,1-4H3,(H,26,29)(H2,25,27,28);1H. The molecule has 0 unspecified atom stereocenters. The molecule has 0 aliphatic carbocycles. The van der Waals surface area contributed by atoms with Crippen molar-refractivity contribution in [1.29, 1.82) is 0 Å². The van der Waals surface area contributed by atoms with Crippen molar-refractivity contribution < 1.29 is 19.0 Å². The van der Waals surface area contributed by atoms with Crippen molar-refractivity contribution in [3.05, 3.63) is 59.2 Å². The van der Waals surface area contributed by atoms with Crippen LogP contribution in [0.4, 0.5) is 0 Å². The summed E-state index contributed by atoms with van der Waals surface area (Å²) in [6, 6.07) is 13.7. The van der Waals surface area contributed by atoms with Gasteiger partial charge in [-0.3, -0.25) is 9.79 Å². The van der Waals surface area contributed by atoms with Gasteiger partial charge in [0.2, 0.25) is 5.91 Å². The Kier molecular flexibility index (Phi) is 13.9. The number of nitrogens with zero attached hydrogens (tertiary/aromatic N) is 1. The van der Waals surface area contributed by atoms with Crippen LogP contribution in [0.1, 0.15) is 23.1 Å². The van der Waals surface area contributed by atoms with Crippen molar-refractivity contribution in [2.45, 2.75) is 26.4 Å². The first kappa shape index (κ1) is 28.5. The van der Waals surface area contributed by atoms with E-state index in [2.05, 4.69) is 20.9 Å². The number of guanidine groups is 1. The number of aliphatic imine (C=N–C) groups is 1. The van der Waals surface area contributed by atoms with E-state index in [9.17, 15) is 4.79 Å². The van der Waals surface area contributed by atoms with Crippen molar-refractivity contribution in [3.63, 3.8) is 0 Å². The van der Waals surface area contributed by atoms with Gasteiger partial charge in [-0.15, -0.1) is 24.0 Å². The largest absolute Gasteiger partial charge is 0.497 e. The molecule has 0 fully saturated rings. The maximum atomic E-state index is 12.2. The molecule has 0 saturated heterocycles. The van der Waals surface area contributed by atoms with Crippen LogP contribution in [0.5, 0.6) is 11.5 Å². The number of carbonyl (C=O) groups is 1. The molecule has 0 bridgehead atoms. The third-order valence-corrected chi connectivity index (χ3v) is 4.71. The zero-order chi connectivity index (χ0) is 23.2. The number of methoxy groups -OCH3 is 2. The number of aryl methyl sites for hydroxylation is 1. The number of halogens is 1. The van der Waals surface area contributed by atoms with Gasteiger partial charge >= 0.3 is 0 Å². The second-order valence-corrected chi connectivity index (χ2v) is 7.21. The van der Waals surface area contributed by atoms with Crippen molar-refractivity contribution in [2.24, 2.45) is 4.99 Å². The summed E-state index contributed by atoms with van der Waals surface area (Å²) in [5, 5.41) is 9.15. The zero-order valence-corrected chi connectivity index (χ0v) is 22.1. The SMILES string of the molecule is CN=C(NCC(=O)NCc1ccc(OC)cc1)NCc1ccc(C)cc1OCCCOC.I. The average Bonchev–Trinajstić information content (AvgIpc) is 2.82. The highest BCUT2D eigenvalue weighted by Gasteiger charge is 2.08. The van der Waals surface area contributed by atoms with Crippen molar-refractivity contribution >= 4 is 35.8 Å². The summed E-state index contributed by atoms with van der Waals surface area (Å²) in [7, 11) is 4.97. The lowest BCUT2D eigenvalue weighted by molar-refractivity contribution is -0.120. The molecule has 0 spiro atoms. The molecule has 0 radical (unpaired) electrons. The van der Waals surface area contributed by atoms with Gasteiger partial charge in [-0.05, 0) is 36.2 Å². The van der Waals surface area contributed by atoms with Crippen LogP contribution in [0.15, 0.2) is 47.5 Å². The molecular weight excluding hydrogens is 535 g/mol. The van der Waals surface area contributed by atoms with E-state index in [0.29, 0.717) is 32.3 Å². The number of hydrogen-bond donors (Lipinski definition) is 3. The van der Waals surface area contributed by atoms with Crippen molar-refractivity contribution in [3.8, 4) is 11.5 Å². The lowest BCUT2D eigenvalue weighted by Gasteiger charge is -2.15. The number of rotatable bonds is 12. The predicted octanol–water partition coefficient (Wildman–Crippen LogP) is 3.02. The van der Waals surface area contributed by atoms with E-state index in [0.717, 1.165) is 34.6 Å².